The van der Waals surface area contributed by atoms with E-state index < -0.39 is 22.0 Å². The topological polar surface area (TPSA) is 121 Å². The average Bonchev–Trinajstić information content (AvgIpc) is 3.51. The summed E-state index contributed by atoms with van der Waals surface area (Å²) in [6.45, 7) is 1.39. The molecule has 2 aromatic rings. The number of benzene rings is 1. The molecule has 2 fully saturated rings. The molecule has 0 saturated carbocycles. The van der Waals surface area contributed by atoms with Crippen LogP contribution < -0.4 is 5.73 Å². The van der Waals surface area contributed by atoms with Gasteiger partial charge in [0.25, 0.3) is 5.91 Å². The van der Waals surface area contributed by atoms with E-state index in [4.69, 9.17) is 5.73 Å². The maximum atomic E-state index is 13.1. The molecule has 0 bridgehead atoms. The van der Waals surface area contributed by atoms with E-state index in [1.807, 2.05) is 11.4 Å². The van der Waals surface area contributed by atoms with Crippen molar-refractivity contribution in [1.29, 1.82) is 0 Å². The van der Waals surface area contributed by atoms with Crippen molar-refractivity contribution in [3.63, 3.8) is 0 Å². The van der Waals surface area contributed by atoms with Gasteiger partial charge in [-0.25, -0.2) is 8.42 Å². The minimum atomic E-state index is -3.75. The molecule has 0 spiro atoms. The van der Waals surface area contributed by atoms with E-state index in [-0.39, 0.29) is 48.5 Å². The number of thiophene rings is 1. The standard InChI is InChI=1S/C21H24N4O5S2/c22-19(26)15-5-7-16(8-6-15)32(29,30)24-12-10-23(11-13-24)20(27)17-3-1-9-25(17)21(28)18-4-2-14-31-18/h2,4-8,14,17H,1,3,9-13H2,(H2,22,26)/t17-/m0/s1. The second-order valence-corrected chi connectivity index (χ2v) is 10.6. The van der Waals surface area contributed by atoms with Crippen molar-refractivity contribution in [3.8, 4) is 0 Å². The van der Waals surface area contributed by atoms with Crippen LogP contribution in [0.1, 0.15) is 32.9 Å². The first-order valence-electron chi connectivity index (χ1n) is 10.3. The molecule has 2 saturated heterocycles. The van der Waals surface area contributed by atoms with Crippen LogP contribution in [0.4, 0.5) is 0 Å². The molecular weight excluding hydrogens is 452 g/mol. The minimum absolute atomic E-state index is 0.0748. The monoisotopic (exact) mass is 476 g/mol. The van der Waals surface area contributed by atoms with Gasteiger partial charge in [0.15, 0.2) is 0 Å². The number of hydrogen-bond donors (Lipinski definition) is 1. The normalized spacial score (nSPS) is 19.8. The molecule has 32 heavy (non-hydrogen) atoms. The Hall–Kier alpha value is -2.76. The predicted octanol–water partition coefficient (Wildman–Crippen LogP) is 0.985. The van der Waals surface area contributed by atoms with Crippen molar-refractivity contribution in [2.24, 2.45) is 5.73 Å². The lowest BCUT2D eigenvalue weighted by Gasteiger charge is -2.36. The molecule has 0 unspecified atom stereocenters. The number of rotatable bonds is 5. The van der Waals surface area contributed by atoms with Gasteiger partial charge in [-0.3, -0.25) is 14.4 Å². The highest BCUT2D eigenvalue weighted by atomic mass is 32.2. The Kier molecular flexibility index (Phi) is 6.31. The highest BCUT2D eigenvalue weighted by Crippen LogP contribution is 2.25. The van der Waals surface area contributed by atoms with Crippen molar-refractivity contribution in [3.05, 3.63) is 52.2 Å². The number of carbonyl (C=O) groups excluding carboxylic acids is 3. The van der Waals surface area contributed by atoms with Crippen LogP contribution in [0.5, 0.6) is 0 Å². The second kappa shape index (κ2) is 9.00. The lowest BCUT2D eigenvalue weighted by Crippen LogP contribution is -2.55. The zero-order valence-corrected chi connectivity index (χ0v) is 19.0. The van der Waals surface area contributed by atoms with Crippen LogP contribution >= 0.6 is 11.3 Å². The van der Waals surface area contributed by atoms with Crippen LogP contribution in [0, 0.1) is 0 Å². The van der Waals surface area contributed by atoms with Crippen LogP contribution in [0.15, 0.2) is 46.7 Å². The van der Waals surface area contributed by atoms with Crippen molar-refractivity contribution >= 4 is 39.1 Å². The lowest BCUT2D eigenvalue weighted by molar-refractivity contribution is -0.136. The molecule has 3 heterocycles. The van der Waals surface area contributed by atoms with E-state index in [2.05, 4.69) is 0 Å². The highest BCUT2D eigenvalue weighted by Gasteiger charge is 2.39. The van der Waals surface area contributed by atoms with Gasteiger partial charge in [0, 0.05) is 38.3 Å². The van der Waals surface area contributed by atoms with Gasteiger partial charge in [0.1, 0.15) is 6.04 Å². The summed E-state index contributed by atoms with van der Waals surface area (Å²) in [6.07, 6.45) is 1.38. The Labute approximate surface area is 190 Å². The molecule has 2 aliphatic rings. The fourth-order valence-electron chi connectivity index (χ4n) is 4.11. The first-order valence-corrected chi connectivity index (χ1v) is 12.6. The van der Waals surface area contributed by atoms with Gasteiger partial charge < -0.3 is 15.5 Å². The number of carbonyl (C=O) groups is 3. The molecule has 0 aliphatic carbocycles. The number of sulfonamides is 1. The molecular formula is C21H24N4O5S2. The molecule has 1 atom stereocenters. The third-order valence-electron chi connectivity index (χ3n) is 5.86. The minimum Gasteiger partial charge on any atom is -0.366 e. The summed E-state index contributed by atoms with van der Waals surface area (Å²) in [5.41, 5.74) is 5.44. The van der Waals surface area contributed by atoms with Crippen LogP contribution in [0.3, 0.4) is 0 Å². The SMILES string of the molecule is NC(=O)c1ccc(S(=O)(=O)N2CCN(C(=O)[C@@H]3CCCN3C(=O)c3cccs3)CC2)cc1. The summed E-state index contributed by atoms with van der Waals surface area (Å²) in [4.78, 5) is 41.1. The molecule has 11 heteroatoms. The maximum Gasteiger partial charge on any atom is 0.264 e. The van der Waals surface area contributed by atoms with Crippen LogP contribution in [-0.4, -0.2) is 79.0 Å². The van der Waals surface area contributed by atoms with Gasteiger partial charge in [-0.2, -0.15) is 4.31 Å². The first-order chi connectivity index (χ1) is 15.3. The van der Waals surface area contributed by atoms with Gasteiger partial charge >= 0.3 is 0 Å². The largest absolute Gasteiger partial charge is 0.366 e. The highest BCUT2D eigenvalue weighted by molar-refractivity contribution is 7.89. The lowest BCUT2D eigenvalue weighted by atomic mass is 10.1. The zero-order valence-electron chi connectivity index (χ0n) is 17.3. The molecule has 0 radical (unpaired) electrons. The molecule has 2 N–H and O–H groups in total. The second-order valence-electron chi connectivity index (χ2n) is 7.75. The summed E-state index contributed by atoms with van der Waals surface area (Å²) in [5.74, 6) is -0.883. The number of likely N-dealkylation sites (tertiary alicyclic amines) is 1. The fourth-order valence-corrected chi connectivity index (χ4v) is 6.21. The Morgan fingerprint density at radius 1 is 0.969 bits per heavy atom. The van der Waals surface area contributed by atoms with Crippen LogP contribution in [0.25, 0.3) is 0 Å². The van der Waals surface area contributed by atoms with Crippen LogP contribution in [0.2, 0.25) is 0 Å². The summed E-state index contributed by atoms with van der Waals surface area (Å²) < 4.78 is 27.2. The van der Waals surface area contributed by atoms with Gasteiger partial charge in [0.05, 0.1) is 9.77 Å². The Morgan fingerprint density at radius 3 is 2.25 bits per heavy atom. The Bertz CT molecular complexity index is 1110. The summed E-state index contributed by atoms with van der Waals surface area (Å²) >= 11 is 1.36. The Morgan fingerprint density at radius 2 is 1.66 bits per heavy atom. The van der Waals surface area contributed by atoms with Gasteiger partial charge in [0.2, 0.25) is 21.8 Å². The number of hydrogen-bond acceptors (Lipinski definition) is 6. The third-order valence-corrected chi connectivity index (χ3v) is 8.63. The van der Waals surface area contributed by atoms with E-state index in [9.17, 15) is 22.8 Å². The van der Waals surface area contributed by atoms with E-state index in [1.54, 1.807) is 15.9 Å². The number of nitrogens with two attached hydrogens (primary N) is 1. The van der Waals surface area contributed by atoms with E-state index in [0.29, 0.717) is 17.8 Å². The van der Waals surface area contributed by atoms with Crippen LogP contribution in [-0.2, 0) is 14.8 Å². The third kappa shape index (κ3) is 4.27. The number of amides is 3. The first kappa shape index (κ1) is 22.4. The van der Waals surface area contributed by atoms with E-state index >= 15 is 0 Å². The zero-order chi connectivity index (χ0) is 22.9. The maximum absolute atomic E-state index is 13.1. The molecule has 1 aromatic carbocycles. The Balaban J connectivity index is 1.40. The average molecular weight is 477 g/mol. The number of piperazine rings is 1. The predicted molar refractivity (Wildman–Crippen MR) is 119 cm³/mol. The smallest absolute Gasteiger partial charge is 0.264 e. The van der Waals surface area contributed by atoms with Gasteiger partial charge in [-0.05, 0) is 48.6 Å². The fraction of sp³-hybridized carbons (Fsp3) is 0.381. The van der Waals surface area contributed by atoms with Crippen molar-refractivity contribution < 1.29 is 22.8 Å². The molecule has 1 aromatic heterocycles. The van der Waals surface area contributed by atoms with Crippen molar-refractivity contribution in [1.82, 2.24) is 14.1 Å². The summed E-state index contributed by atoms with van der Waals surface area (Å²) in [6, 6.07) is 8.55. The number of primary amides is 1. The van der Waals surface area contributed by atoms with Gasteiger partial charge in [-0.15, -0.1) is 11.3 Å². The molecule has 3 amide bonds. The quantitative estimate of drug-likeness (QED) is 0.690. The van der Waals surface area contributed by atoms with E-state index in [0.717, 1.165) is 6.42 Å². The summed E-state index contributed by atoms with van der Waals surface area (Å²) in [7, 11) is -3.75. The summed E-state index contributed by atoms with van der Waals surface area (Å²) in [5, 5.41) is 1.83. The van der Waals surface area contributed by atoms with E-state index in [1.165, 1.54) is 39.9 Å². The molecule has 4 rings (SSSR count). The van der Waals surface area contributed by atoms with Crippen molar-refractivity contribution in [2.75, 3.05) is 32.7 Å². The van der Waals surface area contributed by atoms with Gasteiger partial charge in [-0.1, -0.05) is 6.07 Å². The molecule has 170 valence electrons. The molecule has 9 nitrogen and oxygen atoms in total. The molecule has 2 aliphatic heterocycles. The number of nitrogens with zero attached hydrogens (tertiary/aromatic N) is 3. The van der Waals surface area contributed by atoms with Crippen molar-refractivity contribution in [2.45, 2.75) is 23.8 Å².